The third kappa shape index (κ3) is 3.81. The van der Waals surface area contributed by atoms with E-state index in [1.807, 2.05) is 11.9 Å². The molecule has 0 aliphatic carbocycles. The highest BCUT2D eigenvalue weighted by Gasteiger charge is 2.36. The van der Waals surface area contributed by atoms with Gasteiger partial charge in [0.2, 0.25) is 0 Å². The fourth-order valence-corrected chi connectivity index (χ4v) is 4.99. The SMILES string of the molecule is CN1CC[C@H](c2c(O)cc(O)c3c(=O)cc(-c4ccc(Cl)cc4Br)oc23)[C@H]1CO.Cl. The van der Waals surface area contributed by atoms with Crippen LogP contribution >= 0.6 is 39.9 Å². The summed E-state index contributed by atoms with van der Waals surface area (Å²) >= 11 is 9.44. The van der Waals surface area contributed by atoms with Crippen molar-refractivity contribution in [1.29, 1.82) is 0 Å². The molecule has 1 fully saturated rings. The molecular weight excluding hydrogens is 497 g/mol. The third-order valence-electron chi connectivity index (χ3n) is 5.58. The van der Waals surface area contributed by atoms with Gasteiger partial charge in [0.15, 0.2) is 5.43 Å². The van der Waals surface area contributed by atoms with Crippen molar-refractivity contribution in [3.8, 4) is 22.8 Å². The highest BCUT2D eigenvalue weighted by Crippen LogP contribution is 2.44. The van der Waals surface area contributed by atoms with E-state index in [1.165, 1.54) is 12.1 Å². The highest BCUT2D eigenvalue weighted by atomic mass is 79.9. The molecule has 1 aliphatic heterocycles. The second-order valence-electron chi connectivity index (χ2n) is 7.26. The van der Waals surface area contributed by atoms with Crippen LogP contribution in [0.4, 0.5) is 0 Å². The summed E-state index contributed by atoms with van der Waals surface area (Å²) < 4.78 is 6.74. The molecule has 2 aromatic carbocycles. The third-order valence-corrected chi connectivity index (χ3v) is 6.47. The topological polar surface area (TPSA) is 94.1 Å². The summed E-state index contributed by atoms with van der Waals surface area (Å²) in [4.78, 5) is 14.9. The van der Waals surface area contributed by atoms with Gasteiger partial charge in [-0.15, -0.1) is 12.4 Å². The lowest BCUT2D eigenvalue weighted by molar-refractivity contribution is 0.172. The maximum absolute atomic E-state index is 12.9. The maximum Gasteiger partial charge on any atom is 0.197 e. The van der Waals surface area contributed by atoms with E-state index in [9.17, 15) is 20.1 Å². The Bertz CT molecular complexity index is 1170. The Morgan fingerprint density at radius 3 is 2.63 bits per heavy atom. The number of rotatable bonds is 3. The number of likely N-dealkylation sites (N-methyl/N-ethyl adjacent to an activating group) is 1. The number of aromatic hydroxyl groups is 2. The maximum atomic E-state index is 12.9. The Kier molecular flexibility index (Phi) is 6.69. The van der Waals surface area contributed by atoms with Crippen molar-refractivity contribution in [2.24, 2.45) is 0 Å². The molecule has 0 bridgehead atoms. The number of phenolic OH excluding ortho intramolecular Hbond substituents is 2. The van der Waals surface area contributed by atoms with Gasteiger partial charge in [-0.05, 0) is 54.1 Å². The number of hydrogen-bond donors (Lipinski definition) is 3. The molecule has 160 valence electrons. The summed E-state index contributed by atoms with van der Waals surface area (Å²) in [7, 11) is 1.90. The summed E-state index contributed by atoms with van der Waals surface area (Å²) in [6.07, 6.45) is 0.674. The molecule has 0 amide bonds. The van der Waals surface area contributed by atoms with E-state index in [0.29, 0.717) is 27.0 Å². The van der Waals surface area contributed by atoms with Crippen molar-refractivity contribution in [3.05, 3.63) is 55.6 Å². The first-order chi connectivity index (χ1) is 13.8. The monoisotopic (exact) mass is 515 g/mol. The van der Waals surface area contributed by atoms with Gasteiger partial charge in [0.1, 0.15) is 28.2 Å². The molecule has 0 spiro atoms. The summed E-state index contributed by atoms with van der Waals surface area (Å²) in [5, 5.41) is 31.4. The smallest absolute Gasteiger partial charge is 0.197 e. The van der Waals surface area contributed by atoms with Crippen LogP contribution < -0.4 is 5.43 Å². The van der Waals surface area contributed by atoms with Crippen LogP contribution in [0.1, 0.15) is 17.9 Å². The number of hydrogen-bond acceptors (Lipinski definition) is 6. The lowest BCUT2D eigenvalue weighted by atomic mass is 9.89. The molecule has 3 aromatic rings. The first kappa shape index (κ1) is 22.9. The Morgan fingerprint density at radius 2 is 1.97 bits per heavy atom. The number of aliphatic hydroxyl groups is 1. The van der Waals surface area contributed by atoms with E-state index in [2.05, 4.69) is 15.9 Å². The van der Waals surface area contributed by atoms with Crippen molar-refractivity contribution in [3.63, 3.8) is 0 Å². The van der Waals surface area contributed by atoms with Gasteiger partial charge in [0.25, 0.3) is 0 Å². The molecule has 3 N–H and O–H groups in total. The minimum atomic E-state index is -0.422. The van der Waals surface area contributed by atoms with Crippen LogP contribution in [-0.2, 0) is 0 Å². The lowest BCUT2D eigenvalue weighted by Gasteiger charge is -2.24. The Labute approximate surface area is 192 Å². The molecule has 30 heavy (non-hydrogen) atoms. The van der Waals surface area contributed by atoms with Crippen LogP contribution in [0.2, 0.25) is 5.02 Å². The van der Waals surface area contributed by atoms with Crippen LogP contribution in [0.15, 0.2) is 44.0 Å². The molecule has 1 aliphatic rings. The van der Waals surface area contributed by atoms with Gasteiger partial charge in [0.05, 0.1) is 6.61 Å². The number of halogens is 3. The van der Waals surface area contributed by atoms with Gasteiger partial charge < -0.3 is 24.6 Å². The van der Waals surface area contributed by atoms with E-state index in [0.717, 1.165) is 6.54 Å². The molecule has 1 aromatic heterocycles. The molecule has 0 saturated carbocycles. The Balaban J connectivity index is 0.00000256. The van der Waals surface area contributed by atoms with Crippen molar-refractivity contribution >= 4 is 50.9 Å². The molecule has 9 heteroatoms. The van der Waals surface area contributed by atoms with Gasteiger partial charge in [0, 0.05) is 44.7 Å². The zero-order valence-electron chi connectivity index (χ0n) is 15.9. The standard InChI is InChI=1S/C21H19BrClNO5.ClH/c1-24-5-4-12(14(24)9-25)19-15(26)7-16(27)20-17(28)8-18(29-21(19)20)11-3-2-10(23)6-13(11)22;/h2-3,6-8,12,14,25-27H,4-5,9H2,1H3;1H/t12-,14+;/m0./s1. The molecular formula is C21H20BrCl2NO5. The average molecular weight is 517 g/mol. The van der Waals surface area contributed by atoms with Crippen molar-refractivity contribution < 1.29 is 19.7 Å². The lowest BCUT2D eigenvalue weighted by Crippen LogP contribution is -2.32. The molecule has 0 unspecified atom stereocenters. The van der Waals surface area contributed by atoms with Crippen molar-refractivity contribution in [1.82, 2.24) is 4.90 Å². The summed E-state index contributed by atoms with van der Waals surface area (Å²) in [5.41, 5.74) is 0.744. The highest BCUT2D eigenvalue weighted by molar-refractivity contribution is 9.10. The molecule has 4 rings (SSSR count). The van der Waals surface area contributed by atoms with Crippen LogP contribution in [0, 0.1) is 0 Å². The van der Waals surface area contributed by atoms with Crippen LogP contribution in [0.5, 0.6) is 11.5 Å². The Hall–Kier alpha value is -1.77. The fourth-order valence-electron chi connectivity index (χ4n) is 4.11. The first-order valence-corrected chi connectivity index (χ1v) is 10.3. The van der Waals surface area contributed by atoms with Gasteiger partial charge >= 0.3 is 0 Å². The summed E-state index contributed by atoms with van der Waals surface area (Å²) in [6, 6.07) is 7.33. The molecule has 2 heterocycles. The number of fused-ring (bicyclic) bond motifs is 1. The average Bonchev–Trinajstić information content (AvgIpc) is 3.01. The minimum Gasteiger partial charge on any atom is -0.507 e. The number of likely N-dealkylation sites (tertiary alicyclic amines) is 1. The van der Waals surface area contributed by atoms with E-state index in [4.69, 9.17) is 16.0 Å². The molecule has 0 radical (unpaired) electrons. The number of phenols is 2. The van der Waals surface area contributed by atoms with Crippen molar-refractivity contribution in [2.75, 3.05) is 20.2 Å². The Morgan fingerprint density at radius 1 is 1.23 bits per heavy atom. The molecule has 1 saturated heterocycles. The molecule has 6 nitrogen and oxygen atoms in total. The predicted molar refractivity (Wildman–Crippen MR) is 122 cm³/mol. The number of nitrogens with zero attached hydrogens (tertiary/aromatic N) is 1. The predicted octanol–water partition coefficient (Wildman–Crippen LogP) is 4.49. The van der Waals surface area contributed by atoms with E-state index in [1.54, 1.807) is 18.2 Å². The van der Waals surface area contributed by atoms with E-state index < -0.39 is 5.43 Å². The van der Waals surface area contributed by atoms with Gasteiger partial charge in [-0.3, -0.25) is 4.79 Å². The van der Waals surface area contributed by atoms with Gasteiger partial charge in [-0.1, -0.05) is 11.6 Å². The van der Waals surface area contributed by atoms with Gasteiger partial charge in [-0.25, -0.2) is 0 Å². The normalized spacial score (nSPS) is 19.2. The zero-order chi connectivity index (χ0) is 20.9. The second-order valence-corrected chi connectivity index (χ2v) is 8.55. The molecule has 2 atom stereocenters. The van der Waals surface area contributed by atoms with Gasteiger partial charge in [-0.2, -0.15) is 0 Å². The quantitative estimate of drug-likeness (QED) is 0.475. The summed E-state index contributed by atoms with van der Waals surface area (Å²) in [6.45, 7) is 0.625. The van der Waals surface area contributed by atoms with Crippen LogP contribution in [0.25, 0.3) is 22.3 Å². The number of aliphatic hydroxyl groups excluding tert-OH is 1. The van der Waals surface area contributed by atoms with E-state index >= 15 is 0 Å². The van der Waals surface area contributed by atoms with E-state index in [-0.39, 0.29) is 59.2 Å². The van der Waals surface area contributed by atoms with Crippen LogP contribution in [-0.4, -0.2) is 46.5 Å². The first-order valence-electron chi connectivity index (χ1n) is 9.11. The zero-order valence-corrected chi connectivity index (χ0v) is 19.1. The second kappa shape index (κ2) is 8.77. The summed E-state index contributed by atoms with van der Waals surface area (Å²) in [5.74, 6) is -0.475. The fraction of sp³-hybridized carbons (Fsp3) is 0.286. The largest absolute Gasteiger partial charge is 0.507 e. The van der Waals surface area contributed by atoms with Crippen molar-refractivity contribution in [2.45, 2.75) is 18.4 Å². The number of benzene rings is 2. The minimum absolute atomic E-state index is 0. The van der Waals surface area contributed by atoms with Crippen LogP contribution in [0.3, 0.4) is 0 Å².